The zero-order chi connectivity index (χ0) is 15.2. The van der Waals surface area contributed by atoms with Crippen molar-refractivity contribution in [2.75, 3.05) is 10.6 Å². The molecule has 1 unspecified atom stereocenters. The third-order valence-corrected chi connectivity index (χ3v) is 3.60. The van der Waals surface area contributed by atoms with Crippen molar-refractivity contribution < 1.29 is 4.79 Å². The van der Waals surface area contributed by atoms with Gasteiger partial charge in [-0.25, -0.2) is 0 Å². The molecule has 21 heavy (non-hydrogen) atoms. The molecule has 0 fully saturated rings. The van der Waals surface area contributed by atoms with Crippen molar-refractivity contribution in [2.24, 2.45) is 0 Å². The highest BCUT2D eigenvalue weighted by atomic mass is 16.1. The van der Waals surface area contributed by atoms with Gasteiger partial charge < -0.3 is 10.6 Å². The van der Waals surface area contributed by atoms with Crippen LogP contribution in [0.1, 0.15) is 37.4 Å². The molecular weight excluding hydrogens is 260 g/mol. The van der Waals surface area contributed by atoms with E-state index in [0.717, 1.165) is 16.9 Å². The van der Waals surface area contributed by atoms with Gasteiger partial charge in [0.2, 0.25) is 5.91 Å². The number of rotatable bonds is 5. The summed E-state index contributed by atoms with van der Waals surface area (Å²) in [6, 6.07) is 16.4. The Hall–Kier alpha value is -2.29. The molecule has 2 rings (SSSR count). The Morgan fingerprint density at radius 1 is 1.05 bits per heavy atom. The van der Waals surface area contributed by atoms with E-state index in [2.05, 4.69) is 29.7 Å². The van der Waals surface area contributed by atoms with Crippen molar-refractivity contribution in [1.29, 1.82) is 0 Å². The van der Waals surface area contributed by atoms with E-state index in [9.17, 15) is 4.79 Å². The second-order valence-corrected chi connectivity index (χ2v) is 5.16. The minimum absolute atomic E-state index is 0.0337. The molecule has 2 N–H and O–H groups in total. The molecule has 0 aliphatic carbocycles. The Bertz CT molecular complexity index is 608. The molecular formula is C18H22N2O. The van der Waals surface area contributed by atoms with Gasteiger partial charge in [-0.15, -0.1) is 0 Å². The van der Waals surface area contributed by atoms with E-state index in [0.29, 0.717) is 6.42 Å². The first-order valence-electron chi connectivity index (χ1n) is 7.32. The monoisotopic (exact) mass is 282 g/mol. The zero-order valence-corrected chi connectivity index (χ0v) is 12.8. The van der Waals surface area contributed by atoms with Gasteiger partial charge in [0.25, 0.3) is 0 Å². The average Bonchev–Trinajstić information content (AvgIpc) is 2.52. The molecule has 1 amide bonds. The van der Waals surface area contributed by atoms with Crippen LogP contribution in [0.5, 0.6) is 0 Å². The molecule has 1 atom stereocenters. The van der Waals surface area contributed by atoms with Crippen LogP contribution in [0.2, 0.25) is 0 Å². The zero-order valence-electron chi connectivity index (χ0n) is 12.8. The highest BCUT2D eigenvalue weighted by Crippen LogP contribution is 2.27. The van der Waals surface area contributed by atoms with E-state index in [4.69, 9.17) is 0 Å². The van der Waals surface area contributed by atoms with Crippen molar-refractivity contribution in [1.82, 2.24) is 0 Å². The van der Waals surface area contributed by atoms with E-state index < -0.39 is 0 Å². The van der Waals surface area contributed by atoms with Gasteiger partial charge in [-0.05, 0) is 37.1 Å². The Kier molecular flexibility index (Phi) is 4.99. The highest BCUT2D eigenvalue weighted by molar-refractivity contribution is 5.92. The van der Waals surface area contributed by atoms with Gasteiger partial charge >= 0.3 is 0 Å². The van der Waals surface area contributed by atoms with Crippen LogP contribution >= 0.6 is 0 Å². The molecule has 0 saturated carbocycles. The largest absolute Gasteiger partial charge is 0.378 e. The number of hydrogen-bond donors (Lipinski definition) is 2. The van der Waals surface area contributed by atoms with Crippen molar-refractivity contribution in [2.45, 2.75) is 33.2 Å². The Balaban J connectivity index is 2.17. The van der Waals surface area contributed by atoms with Gasteiger partial charge in [-0.1, -0.05) is 43.3 Å². The molecule has 0 heterocycles. The van der Waals surface area contributed by atoms with Gasteiger partial charge in [0, 0.05) is 23.8 Å². The maximum Gasteiger partial charge on any atom is 0.224 e. The van der Waals surface area contributed by atoms with Crippen LogP contribution in [0.4, 0.5) is 11.4 Å². The second kappa shape index (κ2) is 6.93. The summed E-state index contributed by atoms with van der Waals surface area (Å²) in [5.74, 6) is 0.0337. The molecule has 0 aromatic heterocycles. The van der Waals surface area contributed by atoms with Crippen LogP contribution in [0.25, 0.3) is 0 Å². The lowest BCUT2D eigenvalue weighted by atomic mass is 10.1. The Morgan fingerprint density at radius 2 is 1.71 bits per heavy atom. The van der Waals surface area contributed by atoms with Gasteiger partial charge in [-0.2, -0.15) is 0 Å². The number of benzene rings is 2. The maximum atomic E-state index is 11.6. The molecule has 0 radical (unpaired) electrons. The summed E-state index contributed by atoms with van der Waals surface area (Å²) in [6.45, 7) is 6.00. The third-order valence-electron chi connectivity index (χ3n) is 3.60. The normalized spacial score (nSPS) is 11.8. The lowest BCUT2D eigenvalue weighted by Gasteiger charge is -2.19. The standard InChI is InChI=1S/C18H22N2O/c1-4-18(21)20-17-12-8-11-16(13(17)2)19-14(3)15-9-6-5-7-10-15/h5-12,14,19H,4H2,1-3H3,(H,20,21). The van der Waals surface area contributed by atoms with Crippen molar-refractivity contribution in [3.8, 4) is 0 Å². The number of nitrogens with one attached hydrogen (secondary N) is 2. The number of amides is 1. The van der Waals surface area contributed by atoms with E-state index in [-0.39, 0.29) is 11.9 Å². The predicted molar refractivity (Wildman–Crippen MR) is 88.6 cm³/mol. The molecule has 0 aliphatic rings. The van der Waals surface area contributed by atoms with Gasteiger partial charge in [0.15, 0.2) is 0 Å². The SMILES string of the molecule is CCC(=O)Nc1cccc(NC(C)c2ccccc2)c1C. The minimum Gasteiger partial charge on any atom is -0.378 e. The third kappa shape index (κ3) is 3.85. The summed E-state index contributed by atoms with van der Waals surface area (Å²) in [6.07, 6.45) is 0.484. The van der Waals surface area contributed by atoms with Crippen LogP contribution in [-0.2, 0) is 4.79 Å². The fraction of sp³-hybridized carbons (Fsp3) is 0.278. The fourth-order valence-electron chi connectivity index (χ4n) is 2.22. The summed E-state index contributed by atoms with van der Waals surface area (Å²) in [5, 5.41) is 6.44. The Morgan fingerprint density at radius 3 is 2.38 bits per heavy atom. The summed E-state index contributed by atoms with van der Waals surface area (Å²) in [5.41, 5.74) is 4.20. The second-order valence-electron chi connectivity index (χ2n) is 5.16. The number of anilines is 2. The molecule has 0 aliphatic heterocycles. The first-order valence-corrected chi connectivity index (χ1v) is 7.32. The number of carbonyl (C=O) groups excluding carboxylic acids is 1. The van der Waals surface area contributed by atoms with Crippen molar-refractivity contribution >= 4 is 17.3 Å². The van der Waals surface area contributed by atoms with Gasteiger partial charge in [-0.3, -0.25) is 4.79 Å². The van der Waals surface area contributed by atoms with Crippen LogP contribution in [0, 0.1) is 6.92 Å². The maximum absolute atomic E-state index is 11.6. The number of hydrogen-bond acceptors (Lipinski definition) is 2. The lowest BCUT2D eigenvalue weighted by Crippen LogP contribution is -2.12. The summed E-state index contributed by atoms with van der Waals surface area (Å²) in [7, 11) is 0. The van der Waals surface area contributed by atoms with E-state index in [1.807, 2.05) is 50.2 Å². The van der Waals surface area contributed by atoms with Gasteiger partial charge in [0.05, 0.1) is 0 Å². The van der Waals surface area contributed by atoms with Crippen molar-refractivity contribution in [3.63, 3.8) is 0 Å². The minimum atomic E-state index is 0.0337. The fourth-order valence-corrected chi connectivity index (χ4v) is 2.22. The first kappa shape index (κ1) is 15.1. The highest BCUT2D eigenvalue weighted by Gasteiger charge is 2.09. The quantitative estimate of drug-likeness (QED) is 0.846. The van der Waals surface area contributed by atoms with E-state index >= 15 is 0 Å². The summed E-state index contributed by atoms with van der Waals surface area (Å²) >= 11 is 0. The first-order chi connectivity index (χ1) is 10.1. The van der Waals surface area contributed by atoms with Crippen molar-refractivity contribution in [3.05, 3.63) is 59.7 Å². The molecule has 2 aromatic rings. The summed E-state index contributed by atoms with van der Waals surface area (Å²) < 4.78 is 0. The van der Waals surface area contributed by atoms with E-state index in [1.54, 1.807) is 0 Å². The molecule has 0 bridgehead atoms. The molecule has 0 saturated heterocycles. The molecule has 110 valence electrons. The topological polar surface area (TPSA) is 41.1 Å². The molecule has 0 spiro atoms. The lowest BCUT2D eigenvalue weighted by molar-refractivity contribution is -0.115. The predicted octanol–water partition coefficient (Wildman–Crippen LogP) is 4.52. The van der Waals surface area contributed by atoms with Crippen LogP contribution in [0.15, 0.2) is 48.5 Å². The molecule has 2 aromatic carbocycles. The smallest absolute Gasteiger partial charge is 0.224 e. The molecule has 3 nitrogen and oxygen atoms in total. The Labute approximate surface area is 126 Å². The van der Waals surface area contributed by atoms with Gasteiger partial charge in [0.1, 0.15) is 0 Å². The van der Waals surface area contributed by atoms with E-state index in [1.165, 1.54) is 5.56 Å². The average molecular weight is 282 g/mol. The number of carbonyl (C=O) groups is 1. The van der Waals surface area contributed by atoms with Crippen LogP contribution in [0.3, 0.4) is 0 Å². The van der Waals surface area contributed by atoms with Crippen LogP contribution in [-0.4, -0.2) is 5.91 Å². The molecule has 3 heteroatoms. The summed E-state index contributed by atoms with van der Waals surface area (Å²) in [4.78, 5) is 11.6. The van der Waals surface area contributed by atoms with Crippen LogP contribution < -0.4 is 10.6 Å².